The first-order chi connectivity index (χ1) is 8.01. The predicted molar refractivity (Wildman–Crippen MR) is 70.9 cm³/mol. The van der Waals surface area contributed by atoms with E-state index in [1.807, 2.05) is 14.0 Å². The quantitative estimate of drug-likeness (QED) is 0.588. The summed E-state index contributed by atoms with van der Waals surface area (Å²) in [5, 5.41) is 0. The summed E-state index contributed by atoms with van der Waals surface area (Å²) in [5.41, 5.74) is 0. The van der Waals surface area contributed by atoms with Gasteiger partial charge in [-0.05, 0) is 32.7 Å². The van der Waals surface area contributed by atoms with Crippen LogP contribution in [0, 0.1) is 11.8 Å². The standard InChI is InChI=1S/C14H28FNO/c1-5-6-7-14(8-9-15)11-16(4)10-12(2)13(3)17/h12,14H,5-11H2,1-4H3/t12?,14-/m0/s1. The number of hydrogen-bond donors (Lipinski definition) is 0. The van der Waals surface area contributed by atoms with Crippen LogP contribution in [0.2, 0.25) is 0 Å². The Morgan fingerprint density at radius 1 is 1.29 bits per heavy atom. The minimum absolute atomic E-state index is 0.0807. The van der Waals surface area contributed by atoms with E-state index in [9.17, 15) is 9.18 Å². The molecule has 0 aromatic rings. The molecule has 102 valence electrons. The molecule has 0 saturated carbocycles. The number of unbranched alkanes of at least 4 members (excludes halogenated alkanes) is 1. The van der Waals surface area contributed by atoms with Crippen molar-refractivity contribution < 1.29 is 9.18 Å². The maximum absolute atomic E-state index is 12.4. The number of halogens is 1. The minimum Gasteiger partial charge on any atom is -0.305 e. The molecule has 0 N–H and O–H groups in total. The van der Waals surface area contributed by atoms with Gasteiger partial charge in [-0.1, -0.05) is 26.7 Å². The topological polar surface area (TPSA) is 20.3 Å². The number of ketones is 1. The molecule has 3 heteroatoms. The van der Waals surface area contributed by atoms with Crippen molar-refractivity contribution >= 4 is 5.78 Å². The van der Waals surface area contributed by atoms with Crippen molar-refractivity contribution in [1.29, 1.82) is 0 Å². The number of rotatable bonds is 10. The molecule has 0 aliphatic heterocycles. The molecule has 0 radical (unpaired) electrons. The van der Waals surface area contributed by atoms with Crippen LogP contribution in [0.4, 0.5) is 4.39 Å². The van der Waals surface area contributed by atoms with Crippen LogP contribution < -0.4 is 0 Å². The van der Waals surface area contributed by atoms with Gasteiger partial charge in [-0.3, -0.25) is 9.18 Å². The van der Waals surface area contributed by atoms with Crippen LogP contribution in [0.15, 0.2) is 0 Å². The molecule has 0 aromatic carbocycles. The van der Waals surface area contributed by atoms with E-state index in [1.54, 1.807) is 6.92 Å². The lowest BCUT2D eigenvalue weighted by Gasteiger charge is -2.25. The van der Waals surface area contributed by atoms with E-state index in [1.165, 1.54) is 6.42 Å². The zero-order valence-corrected chi connectivity index (χ0v) is 11.8. The molecule has 2 atom stereocenters. The Bertz CT molecular complexity index is 208. The monoisotopic (exact) mass is 245 g/mol. The fraction of sp³-hybridized carbons (Fsp3) is 0.929. The Morgan fingerprint density at radius 2 is 1.94 bits per heavy atom. The third kappa shape index (κ3) is 8.31. The van der Waals surface area contributed by atoms with Gasteiger partial charge in [-0.15, -0.1) is 0 Å². The van der Waals surface area contributed by atoms with Crippen molar-refractivity contribution in [2.45, 2.75) is 46.5 Å². The molecule has 0 aromatic heterocycles. The molecule has 2 nitrogen and oxygen atoms in total. The van der Waals surface area contributed by atoms with E-state index in [2.05, 4.69) is 11.8 Å². The lowest BCUT2D eigenvalue weighted by Crippen LogP contribution is -2.32. The second-order valence-corrected chi connectivity index (χ2v) is 5.22. The van der Waals surface area contributed by atoms with Gasteiger partial charge < -0.3 is 4.90 Å². The van der Waals surface area contributed by atoms with E-state index in [-0.39, 0.29) is 18.4 Å². The Balaban J connectivity index is 4.01. The first-order valence-electron chi connectivity index (χ1n) is 6.76. The number of hydrogen-bond acceptors (Lipinski definition) is 2. The largest absolute Gasteiger partial charge is 0.305 e. The van der Waals surface area contributed by atoms with Crippen LogP contribution in [0.5, 0.6) is 0 Å². The zero-order valence-electron chi connectivity index (χ0n) is 11.8. The molecule has 0 heterocycles. The maximum Gasteiger partial charge on any atom is 0.133 e. The van der Waals surface area contributed by atoms with E-state index >= 15 is 0 Å². The molecule has 1 unspecified atom stereocenters. The van der Waals surface area contributed by atoms with E-state index in [0.717, 1.165) is 25.9 Å². The van der Waals surface area contributed by atoms with Gasteiger partial charge in [0.25, 0.3) is 0 Å². The van der Waals surface area contributed by atoms with Gasteiger partial charge in [-0.2, -0.15) is 0 Å². The van der Waals surface area contributed by atoms with Crippen LogP contribution in [-0.2, 0) is 4.79 Å². The maximum atomic E-state index is 12.4. The number of Topliss-reactive ketones (excluding diaryl/α,β-unsaturated/α-hetero) is 1. The summed E-state index contributed by atoms with van der Waals surface area (Å²) in [5.74, 6) is 0.744. The van der Waals surface area contributed by atoms with Gasteiger partial charge >= 0.3 is 0 Å². The summed E-state index contributed by atoms with van der Waals surface area (Å²) in [6.07, 6.45) is 4.08. The van der Waals surface area contributed by atoms with E-state index < -0.39 is 0 Å². The summed E-state index contributed by atoms with van der Waals surface area (Å²) < 4.78 is 12.4. The first kappa shape index (κ1) is 16.6. The molecular weight excluding hydrogens is 217 g/mol. The van der Waals surface area contributed by atoms with Gasteiger partial charge in [0.15, 0.2) is 0 Å². The lowest BCUT2D eigenvalue weighted by atomic mass is 9.98. The number of nitrogens with zero attached hydrogens (tertiary/aromatic N) is 1. The molecule has 0 amide bonds. The van der Waals surface area contributed by atoms with Crippen LogP contribution in [0.3, 0.4) is 0 Å². The smallest absolute Gasteiger partial charge is 0.133 e. The lowest BCUT2D eigenvalue weighted by molar-refractivity contribution is -0.120. The number of carbonyl (C=O) groups excluding carboxylic acids is 1. The first-order valence-corrected chi connectivity index (χ1v) is 6.76. The Kier molecular flexibility index (Phi) is 9.33. The average molecular weight is 245 g/mol. The van der Waals surface area contributed by atoms with Crippen molar-refractivity contribution in [2.75, 3.05) is 26.8 Å². The van der Waals surface area contributed by atoms with Crippen LogP contribution in [0.1, 0.15) is 46.5 Å². The highest BCUT2D eigenvalue weighted by Gasteiger charge is 2.15. The van der Waals surface area contributed by atoms with Gasteiger partial charge in [-0.25, -0.2) is 0 Å². The summed E-state index contributed by atoms with van der Waals surface area (Å²) in [4.78, 5) is 13.3. The Morgan fingerprint density at radius 3 is 2.41 bits per heavy atom. The summed E-state index contributed by atoms with van der Waals surface area (Å²) in [6.45, 7) is 7.20. The van der Waals surface area contributed by atoms with Crippen molar-refractivity contribution in [1.82, 2.24) is 4.90 Å². The molecule has 0 aliphatic rings. The van der Waals surface area contributed by atoms with Crippen molar-refractivity contribution in [3.05, 3.63) is 0 Å². The molecule has 0 spiro atoms. The van der Waals surface area contributed by atoms with Gasteiger partial charge in [0.2, 0.25) is 0 Å². The highest BCUT2D eigenvalue weighted by atomic mass is 19.1. The molecule has 0 aliphatic carbocycles. The van der Waals surface area contributed by atoms with Gasteiger partial charge in [0, 0.05) is 19.0 Å². The normalized spacial score (nSPS) is 14.9. The molecular formula is C14H28FNO. The number of carbonyl (C=O) groups is 1. The summed E-state index contributed by atoms with van der Waals surface area (Å²) in [6, 6.07) is 0. The second-order valence-electron chi connectivity index (χ2n) is 5.22. The fourth-order valence-electron chi connectivity index (χ4n) is 2.09. The Labute approximate surface area is 106 Å². The zero-order chi connectivity index (χ0) is 13.3. The van der Waals surface area contributed by atoms with Crippen molar-refractivity contribution in [3.63, 3.8) is 0 Å². The highest BCUT2D eigenvalue weighted by Crippen LogP contribution is 2.15. The minimum atomic E-state index is -0.232. The average Bonchev–Trinajstić information content (AvgIpc) is 2.25. The van der Waals surface area contributed by atoms with Crippen molar-refractivity contribution in [2.24, 2.45) is 11.8 Å². The van der Waals surface area contributed by atoms with Crippen LogP contribution >= 0.6 is 0 Å². The van der Waals surface area contributed by atoms with E-state index in [4.69, 9.17) is 0 Å². The molecule has 0 fully saturated rings. The molecule has 0 saturated heterocycles. The third-order valence-electron chi connectivity index (χ3n) is 3.33. The number of alkyl halides is 1. The highest BCUT2D eigenvalue weighted by molar-refractivity contribution is 5.78. The SMILES string of the molecule is CCCC[C@@H](CCF)CN(C)CC(C)C(C)=O. The Hall–Kier alpha value is -0.440. The fourth-order valence-corrected chi connectivity index (χ4v) is 2.09. The van der Waals surface area contributed by atoms with Crippen LogP contribution in [0.25, 0.3) is 0 Å². The van der Waals surface area contributed by atoms with Gasteiger partial charge in [0.1, 0.15) is 5.78 Å². The molecule has 17 heavy (non-hydrogen) atoms. The molecule has 0 rings (SSSR count). The molecule has 0 bridgehead atoms. The summed E-state index contributed by atoms with van der Waals surface area (Å²) in [7, 11) is 2.02. The third-order valence-corrected chi connectivity index (χ3v) is 3.33. The second kappa shape index (κ2) is 9.58. The van der Waals surface area contributed by atoms with E-state index in [0.29, 0.717) is 12.3 Å². The van der Waals surface area contributed by atoms with Gasteiger partial charge in [0.05, 0.1) is 6.67 Å². The predicted octanol–water partition coefficient (Wildman–Crippen LogP) is 3.31. The van der Waals surface area contributed by atoms with Crippen molar-refractivity contribution in [3.8, 4) is 0 Å². The van der Waals surface area contributed by atoms with Crippen LogP contribution in [-0.4, -0.2) is 37.5 Å². The summed E-state index contributed by atoms with van der Waals surface area (Å²) >= 11 is 0.